The molecule has 1 heterocycles. The number of allylic oxidation sites excluding steroid dienone is 2. The van der Waals surface area contributed by atoms with Crippen molar-refractivity contribution in [2.75, 3.05) is 20.2 Å². The van der Waals surface area contributed by atoms with Crippen molar-refractivity contribution in [2.45, 2.75) is 70.4 Å². The average Bonchev–Trinajstić information content (AvgIpc) is 3.16. The number of methoxy groups -OCH3 is 1. The van der Waals surface area contributed by atoms with E-state index in [1.807, 2.05) is 6.08 Å². The van der Waals surface area contributed by atoms with Crippen molar-refractivity contribution in [2.24, 2.45) is 10.9 Å². The lowest BCUT2D eigenvalue weighted by atomic mass is 9.86. The summed E-state index contributed by atoms with van der Waals surface area (Å²) >= 11 is 0. The second-order valence-corrected chi connectivity index (χ2v) is 7.87. The maximum Gasteiger partial charge on any atom is 0.308 e. The minimum absolute atomic E-state index is 0.00125. The van der Waals surface area contributed by atoms with Gasteiger partial charge < -0.3 is 10.1 Å². The quantitative estimate of drug-likeness (QED) is 0.373. The van der Waals surface area contributed by atoms with Gasteiger partial charge in [-0.2, -0.15) is 0 Å². The fraction of sp³-hybridized carbons (Fsp3) is 0.682. The second-order valence-electron chi connectivity index (χ2n) is 7.87. The Bertz CT molecular complexity index is 592. The molecule has 2 rings (SSSR count). The van der Waals surface area contributed by atoms with Crippen LogP contribution < -0.4 is 5.32 Å². The molecule has 2 fully saturated rings. The maximum atomic E-state index is 12.3. The van der Waals surface area contributed by atoms with Crippen molar-refractivity contribution in [1.82, 2.24) is 10.2 Å². The van der Waals surface area contributed by atoms with E-state index in [0.717, 1.165) is 45.2 Å². The van der Waals surface area contributed by atoms with E-state index in [1.165, 1.54) is 25.5 Å². The van der Waals surface area contributed by atoms with Crippen LogP contribution in [0.2, 0.25) is 0 Å². The highest BCUT2D eigenvalue weighted by Crippen LogP contribution is 2.26. The van der Waals surface area contributed by atoms with Gasteiger partial charge in [0.1, 0.15) is 0 Å². The number of carbonyl (C=O) groups excluding carboxylic acids is 2. The lowest BCUT2D eigenvalue weighted by molar-refractivity contribution is -0.146. The van der Waals surface area contributed by atoms with Crippen molar-refractivity contribution in [3.05, 3.63) is 23.9 Å². The third-order valence-corrected chi connectivity index (χ3v) is 5.92. The van der Waals surface area contributed by atoms with Crippen molar-refractivity contribution in [3.63, 3.8) is 0 Å². The molecule has 1 N–H and O–H groups in total. The number of carbonyl (C=O) groups is 2. The molecule has 1 saturated heterocycles. The lowest BCUT2D eigenvalue weighted by Gasteiger charge is -2.28. The number of rotatable bonds is 9. The molecule has 6 nitrogen and oxygen atoms in total. The van der Waals surface area contributed by atoms with Gasteiger partial charge in [0.25, 0.3) is 0 Å². The lowest BCUT2D eigenvalue weighted by Crippen LogP contribution is -2.39. The summed E-state index contributed by atoms with van der Waals surface area (Å²) in [6.45, 7) is 7.65. The Balaban J connectivity index is 1.68. The van der Waals surface area contributed by atoms with Crippen LogP contribution in [-0.2, 0) is 14.3 Å². The molecular formula is C22H35N3O3. The molecule has 1 atom stereocenters. The fourth-order valence-corrected chi connectivity index (χ4v) is 4.36. The van der Waals surface area contributed by atoms with Gasteiger partial charge in [-0.3, -0.25) is 19.5 Å². The molecule has 1 saturated carbocycles. The number of aliphatic imine (C=N–C) groups is 1. The number of esters is 1. The van der Waals surface area contributed by atoms with E-state index in [0.29, 0.717) is 12.5 Å². The van der Waals surface area contributed by atoms with Gasteiger partial charge in [-0.15, -0.1) is 0 Å². The fourth-order valence-electron chi connectivity index (χ4n) is 4.36. The Hall–Kier alpha value is -1.95. The number of hydrogen-bond donors (Lipinski definition) is 1. The Kier molecular flexibility index (Phi) is 9.41. The van der Waals surface area contributed by atoms with Crippen LogP contribution in [-0.4, -0.2) is 55.8 Å². The Morgan fingerprint density at radius 3 is 2.68 bits per heavy atom. The first-order chi connectivity index (χ1) is 13.5. The molecule has 0 spiro atoms. The van der Waals surface area contributed by atoms with Crippen molar-refractivity contribution in [3.8, 4) is 0 Å². The van der Waals surface area contributed by atoms with Gasteiger partial charge >= 0.3 is 5.97 Å². The summed E-state index contributed by atoms with van der Waals surface area (Å²) in [4.78, 5) is 30.1. The largest absolute Gasteiger partial charge is 0.469 e. The summed E-state index contributed by atoms with van der Waals surface area (Å²) in [6.07, 6.45) is 12.9. The molecule has 156 valence electrons. The molecule has 0 unspecified atom stereocenters. The molecular weight excluding hydrogens is 354 g/mol. The van der Waals surface area contributed by atoms with Gasteiger partial charge in [0.15, 0.2) is 0 Å². The van der Waals surface area contributed by atoms with E-state index < -0.39 is 0 Å². The van der Waals surface area contributed by atoms with Gasteiger partial charge in [0.05, 0.1) is 13.0 Å². The van der Waals surface area contributed by atoms with E-state index >= 15 is 0 Å². The summed E-state index contributed by atoms with van der Waals surface area (Å²) in [7, 11) is 1.44. The predicted octanol–water partition coefficient (Wildman–Crippen LogP) is 3.24. The van der Waals surface area contributed by atoms with E-state index in [-0.39, 0.29) is 23.8 Å². The van der Waals surface area contributed by atoms with E-state index in [4.69, 9.17) is 4.74 Å². The van der Waals surface area contributed by atoms with Gasteiger partial charge in [-0.05, 0) is 77.8 Å². The summed E-state index contributed by atoms with van der Waals surface area (Å²) in [5.41, 5.74) is 1.34. The first-order valence-corrected chi connectivity index (χ1v) is 10.5. The molecule has 6 heteroatoms. The Labute approximate surface area is 169 Å². The molecule has 1 amide bonds. The molecule has 0 radical (unpaired) electrons. The number of nitrogens with zero attached hydrogens (tertiary/aromatic N) is 2. The van der Waals surface area contributed by atoms with Crippen molar-refractivity contribution >= 4 is 18.6 Å². The van der Waals surface area contributed by atoms with Crippen molar-refractivity contribution < 1.29 is 14.3 Å². The zero-order valence-corrected chi connectivity index (χ0v) is 17.4. The molecule has 0 aromatic heterocycles. The minimum atomic E-state index is -0.120. The second kappa shape index (κ2) is 11.8. The Morgan fingerprint density at radius 2 is 2.00 bits per heavy atom. The SMILES string of the molecule is C=N/C=C\C=C(/C)[C@@H]1CCCN1CCCC(=O)NC1CCC(C(=O)OC)CC1. The zero-order valence-electron chi connectivity index (χ0n) is 17.4. The van der Waals surface area contributed by atoms with Crippen LogP contribution in [0.25, 0.3) is 0 Å². The third kappa shape index (κ3) is 6.89. The number of hydrogen-bond acceptors (Lipinski definition) is 5. The van der Waals surface area contributed by atoms with Crippen molar-refractivity contribution in [1.29, 1.82) is 0 Å². The van der Waals surface area contributed by atoms with Crippen LogP contribution in [0.1, 0.15) is 58.3 Å². The van der Waals surface area contributed by atoms with Gasteiger partial charge in [0, 0.05) is 24.7 Å². The normalized spacial score (nSPS) is 26.4. The smallest absolute Gasteiger partial charge is 0.308 e. The number of ether oxygens (including phenoxy) is 1. The van der Waals surface area contributed by atoms with Crippen LogP contribution in [0.3, 0.4) is 0 Å². The van der Waals surface area contributed by atoms with Crippen LogP contribution >= 0.6 is 0 Å². The van der Waals surface area contributed by atoms with Crippen LogP contribution in [0.4, 0.5) is 0 Å². The molecule has 2 aliphatic rings. The zero-order chi connectivity index (χ0) is 20.4. The maximum absolute atomic E-state index is 12.3. The molecule has 0 aromatic rings. The third-order valence-electron chi connectivity index (χ3n) is 5.92. The molecule has 0 bridgehead atoms. The van der Waals surface area contributed by atoms with E-state index in [2.05, 4.69) is 34.9 Å². The molecule has 1 aliphatic heterocycles. The summed E-state index contributed by atoms with van der Waals surface area (Å²) in [5, 5.41) is 3.14. The summed E-state index contributed by atoms with van der Waals surface area (Å²) in [5.74, 6) is 0.00806. The Morgan fingerprint density at radius 1 is 1.25 bits per heavy atom. The summed E-state index contributed by atoms with van der Waals surface area (Å²) in [6, 6.07) is 0.662. The van der Waals surface area contributed by atoms with E-state index in [9.17, 15) is 9.59 Å². The van der Waals surface area contributed by atoms with Crippen LogP contribution in [0, 0.1) is 5.92 Å². The van der Waals surface area contributed by atoms with Gasteiger partial charge in [-0.25, -0.2) is 0 Å². The number of nitrogens with one attached hydrogen (secondary N) is 1. The van der Waals surface area contributed by atoms with Crippen LogP contribution in [0.5, 0.6) is 0 Å². The van der Waals surface area contributed by atoms with Gasteiger partial charge in [0.2, 0.25) is 5.91 Å². The monoisotopic (exact) mass is 389 g/mol. The van der Waals surface area contributed by atoms with E-state index in [1.54, 1.807) is 6.20 Å². The standard InChI is InChI=1S/C22H35N3O3/c1-17(7-4-14-23-2)20-8-5-15-25(20)16-6-9-21(26)24-19-12-10-18(11-13-19)22(27)28-3/h4,7,14,18-20H,2,5-6,8-13,15-16H2,1,3H3,(H,24,26)/b14-4-,17-7+/t18?,19?,20-/m0/s1. The highest BCUT2D eigenvalue weighted by Gasteiger charge is 2.28. The number of likely N-dealkylation sites (tertiary alicyclic amines) is 1. The van der Waals surface area contributed by atoms with Crippen LogP contribution in [0.15, 0.2) is 28.9 Å². The first-order valence-electron chi connectivity index (χ1n) is 10.5. The number of amides is 1. The summed E-state index contributed by atoms with van der Waals surface area (Å²) < 4.78 is 4.81. The topological polar surface area (TPSA) is 71.0 Å². The highest BCUT2D eigenvalue weighted by atomic mass is 16.5. The molecule has 28 heavy (non-hydrogen) atoms. The molecule has 1 aliphatic carbocycles. The molecule has 0 aromatic carbocycles. The highest BCUT2D eigenvalue weighted by molar-refractivity contribution is 5.76. The first kappa shape index (κ1) is 22.3. The minimum Gasteiger partial charge on any atom is -0.469 e. The average molecular weight is 390 g/mol. The van der Waals surface area contributed by atoms with Gasteiger partial charge in [-0.1, -0.05) is 11.6 Å². The predicted molar refractivity (Wildman–Crippen MR) is 112 cm³/mol.